The summed E-state index contributed by atoms with van der Waals surface area (Å²) in [6, 6.07) is 13.6. The van der Waals surface area contributed by atoms with Crippen LogP contribution in [-0.4, -0.2) is 16.1 Å². The lowest BCUT2D eigenvalue weighted by molar-refractivity contribution is -0.137. The maximum absolute atomic E-state index is 13.4. The van der Waals surface area contributed by atoms with E-state index in [0.29, 0.717) is 16.4 Å². The number of hydrogen-bond acceptors (Lipinski definition) is 5. The van der Waals surface area contributed by atoms with Crippen LogP contribution >= 0.6 is 11.6 Å². The van der Waals surface area contributed by atoms with Gasteiger partial charge in [0.2, 0.25) is 5.95 Å². The number of nitrogens with zero attached hydrogens (tertiary/aromatic N) is 2. The van der Waals surface area contributed by atoms with Gasteiger partial charge in [0.15, 0.2) is 0 Å². The van der Waals surface area contributed by atoms with E-state index in [9.17, 15) is 13.2 Å². The largest absolute Gasteiger partial charge is 0.490 e. The van der Waals surface area contributed by atoms with E-state index in [4.69, 9.17) is 16.3 Å². The molecule has 3 aromatic rings. The predicted octanol–water partition coefficient (Wildman–Crippen LogP) is 7.35. The Morgan fingerprint density at radius 3 is 2.38 bits per heavy atom. The summed E-state index contributed by atoms with van der Waals surface area (Å²) in [5.41, 5.74) is 0.0468. The summed E-state index contributed by atoms with van der Waals surface area (Å²) >= 11 is 5.94. The first kappa shape index (κ1) is 22.2. The molecule has 0 aliphatic heterocycles. The minimum atomic E-state index is -4.61. The van der Waals surface area contributed by atoms with Crippen molar-refractivity contribution < 1.29 is 17.9 Å². The summed E-state index contributed by atoms with van der Waals surface area (Å²) in [5, 5.41) is 6.02. The van der Waals surface area contributed by atoms with Gasteiger partial charge in [-0.05, 0) is 68.1 Å². The zero-order valence-electron chi connectivity index (χ0n) is 17.1. The summed E-state index contributed by atoms with van der Waals surface area (Å²) in [6.45, 7) is 0. The van der Waals surface area contributed by atoms with Gasteiger partial charge in [0, 0.05) is 22.6 Å². The van der Waals surface area contributed by atoms with E-state index in [1.807, 2.05) is 12.1 Å². The van der Waals surface area contributed by atoms with Gasteiger partial charge in [0.1, 0.15) is 17.1 Å². The molecule has 1 saturated carbocycles. The minimum Gasteiger partial charge on any atom is -0.490 e. The molecule has 0 bridgehead atoms. The molecular weight excluding hydrogens is 441 g/mol. The highest BCUT2D eigenvalue weighted by atomic mass is 35.5. The molecule has 0 radical (unpaired) electrons. The molecule has 0 amide bonds. The average molecular weight is 463 g/mol. The molecule has 1 heterocycles. The van der Waals surface area contributed by atoms with Crippen LogP contribution in [0.4, 0.5) is 36.3 Å². The standard InChI is InChI=1S/C23H22ClF3N4O/c24-15-5-4-6-17(13-15)29-21-20(23(25,26)27)14-28-22(31-21)30-16-9-11-19(12-10-16)32-18-7-2-1-3-8-18/h4-6,9-14,18H,1-3,7-8H2,(H2,28,29,30,31). The fourth-order valence-corrected chi connectivity index (χ4v) is 3.76. The highest BCUT2D eigenvalue weighted by molar-refractivity contribution is 6.30. The molecule has 2 N–H and O–H groups in total. The van der Waals surface area contributed by atoms with Gasteiger partial charge in [-0.1, -0.05) is 24.1 Å². The van der Waals surface area contributed by atoms with Gasteiger partial charge in [0.05, 0.1) is 6.10 Å². The van der Waals surface area contributed by atoms with E-state index in [1.54, 1.807) is 30.3 Å². The Bertz CT molecular complexity index is 1050. The number of hydrogen-bond donors (Lipinski definition) is 2. The van der Waals surface area contributed by atoms with Gasteiger partial charge in [-0.25, -0.2) is 4.98 Å². The molecular formula is C23H22ClF3N4O. The van der Waals surface area contributed by atoms with Crippen molar-refractivity contribution in [1.82, 2.24) is 9.97 Å². The van der Waals surface area contributed by atoms with Crippen LogP contribution in [0.2, 0.25) is 5.02 Å². The molecule has 0 atom stereocenters. The third-order valence-electron chi connectivity index (χ3n) is 5.15. The summed E-state index contributed by atoms with van der Waals surface area (Å²) in [5.74, 6) is 0.428. The Hall–Kier alpha value is -3.00. The third kappa shape index (κ3) is 5.82. The smallest absolute Gasteiger partial charge is 0.421 e. The quantitative estimate of drug-likeness (QED) is 0.401. The number of alkyl halides is 3. The van der Waals surface area contributed by atoms with Crippen LogP contribution in [0.25, 0.3) is 0 Å². The number of rotatable bonds is 6. The highest BCUT2D eigenvalue weighted by Gasteiger charge is 2.35. The predicted molar refractivity (Wildman–Crippen MR) is 119 cm³/mol. The lowest BCUT2D eigenvalue weighted by Crippen LogP contribution is -2.19. The van der Waals surface area contributed by atoms with Gasteiger partial charge in [-0.3, -0.25) is 0 Å². The summed E-state index contributed by atoms with van der Waals surface area (Å²) in [7, 11) is 0. The van der Waals surface area contributed by atoms with Crippen molar-refractivity contribution in [3.63, 3.8) is 0 Å². The third-order valence-corrected chi connectivity index (χ3v) is 5.38. The topological polar surface area (TPSA) is 59.1 Å². The molecule has 5 nitrogen and oxygen atoms in total. The molecule has 1 aliphatic rings. The Morgan fingerprint density at radius 1 is 0.938 bits per heavy atom. The lowest BCUT2D eigenvalue weighted by Gasteiger charge is -2.23. The number of benzene rings is 2. The van der Waals surface area contributed by atoms with E-state index < -0.39 is 11.7 Å². The van der Waals surface area contributed by atoms with E-state index >= 15 is 0 Å². The maximum Gasteiger partial charge on any atom is 0.421 e. The zero-order chi connectivity index (χ0) is 22.6. The van der Waals surface area contributed by atoms with Crippen molar-refractivity contribution in [3.05, 3.63) is 65.3 Å². The fourth-order valence-electron chi connectivity index (χ4n) is 3.57. The molecule has 0 saturated heterocycles. The molecule has 0 unspecified atom stereocenters. The van der Waals surface area contributed by atoms with Crippen molar-refractivity contribution in [2.24, 2.45) is 0 Å². The molecule has 168 valence electrons. The van der Waals surface area contributed by atoms with Crippen LogP contribution in [0.3, 0.4) is 0 Å². The fraction of sp³-hybridized carbons (Fsp3) is 0.304. The molecule has 2 aromatic carbocycles. The van der Waals surface area contributed by atoms with Gasteiger partial charge in [0.25, 0.3) is 0 Å². The second-order valence-electron chi connectivity index (χ2n) is 7.62. The number of halogens is 4. The van der Waals surface area contributed by atoms with Crippen molar-refractivity contribution in [1.29, 1.82) is 0 Å². The van der Waals surface area contributed by atoms with Crippen molar-refractivity contribution in [2.75, 3.05) is 10.6 Å². The van der Waals surface area contributed by atoms with Crippen molar-refractivity contribution >= 4 is 34.7 Å². The second-order valence-corrected chi connectivity index (χ2v) is 8.05. The number of aromatic nitrogens is 2. The van der Waals surface area contributed by atoms with E-state index in [0.717, 1.165) is 24.8 Å². The van der Waals surface area contributed by atoms with Gasteiger partial charge < -0.3 is 15.4 Å². The molecule has 4 rings (SSSR count). The Balaban J connectivity index is 1.50. The monoisotopic (exact) mass is 462 g/mol. The molecule has 32 heavy (non-hydrogen) atoms. The van der Waals surface area contributed by atoms with Gasteiger partial charge in [-0.15, -0.1) is 0 Å². The first-order chi connectivity index (χ1) is 15.4. The van der Waals surface area contributed by atoms with Crippen LogP contribution in [0.15, 0.2) is 54.7 Å². The second kappa shape index (κ2) is 9.65. The molecule has 1 fully saturated rings. The molecule has 1 aromatic heterocycles. The van der Waals surface area contributed by atoms with Crippen molar-refractivity contribution in [2.45, 2.75) is 44.4 Å². The van der Waals surface area contributed by atoms with Crippen LogP contribution in [0.5, 0.6) is 5.75 Å². The maximum atomic E-state index is 13.4. The Kier molecular flexibility index (Phi) is 6.69. The number of ether oxygens (including phenoxy) is 1. The molecule has 1 aliphatic carbocycles. The van der Waals surface area contributed by atoms with Crippen LogP contribution in [0.1, 0.15) is 37.7 Å². The van der Waals surface area contributed by atoms with Gasteiger partial charge in [-0.2, -0.15) is 18.2 Å². The lowest BCUT2D eigenvalue weighted by atomic mass is 9.98. The normalized spacial score (nSPS) is 14.8. The summed E-state index contributed by atoms with van der Waals surface area (Å²) in [6.07, 6.45) is 2.11. The van der Waals surface area contributed by atoms with E-state index in [1.165, 1.54) is 25.3 Å². The van der Waals surface area contributed by atoms with Crippen LogP contribution in [0, 0.1) is 0 Å². The first-order valence-corrected chi connectivity index (χ1v) is 10.8. The molecule has 9 heteroatoms. The number of nitrogens with one attached hydrogen (secondary N) is 2. The SMILES string of the molecule is FC(F)(F)c1cnc(Nc2ccc(OC3CCCCC3)cc2)nc1Nc1cccc(Cl)c1. The first-order valence-electron chi connectivity index (χ1n) is 10.4. The molecule has 0 spiro atoms. The number of anilines is 4. The van der Waals surface area contributed by atoms with Crippen molar-refractivity contribution in [3.8, 4) is 5.75 Å². The average Bonchev–Trinajstić information content (AvgIpc) is 2.75. The van der Waals surface area contributed by atoms with Gasteiger partial charge >= 0.3 is 6.18 Å². The Labute approximate surface area is 189 Å². The Morgan fingerprint density at radius 2 is 1.69 bits per heavy atom. The summed E-state index contributed by atoms with van der Waals surface area (Å²) in [4.78, 5) is 7.88. The van der Waals surface area contributed by atoms with E-state index in [-0.39, 0.29) is 17.9 Å². The van der Waals surface area contributed by atoms with Crippen LogP contribution in [-0.2, 0) is 6.18 Å². The highest BCUT2D eigenvalue weighted by Crippen LogP contribution is 2.35. The van der Waals surface area contributed by atoms with Crippen LogP contribution < -0.4 is 15.4 Å². The minimum absolute atomic E-state index is 0.0310. The summed E-state index contributed by atoms with van der Waals surface area (Å²) < 4.78 is 46.3. The van der Waals surface area contributed by atoms with E-state index in [2.05, 4.69) is 20.6 Å². The zero-order valence-corrected chi connectivity index (χ0v) is 17.9.